The summed E-state index contributed by atoms with van der Waals surface area (Å²) in [5, 5.41) is 9.60. The van der Waals surface area contributed by atoms with Gasteiger partial charge >= 0.3 is 5.97 Å². The number of halogens is 1. The van der Waals surface area contributed by atoms with Crippen molar-refractivity contribution in [2.75, 3.05) is 0 Å². The molecule has 2 N–H and O–H groups in total. The molecule has 0 aliphatic heterocycles. The Labute approximate surface area is 96.9 Å². The fourth-order valence-electron chi connectivity index (χ4n) is 1.46. The molecule has 0 spiro atoms. The standard InChI is InChI=1S/C11H9ClN2O2/c1-6-13-9(10(14-6)11(15)16)7-2-4-8(12)5-3-7/h2-5H,1H3,(H,13,14)(H,15,16). The summed E-state index contributed by atoms with van der Waals surface area (Å²) >= 11 is 5.76. The lowest BCUT2D eigenvalue weighted by molar-refractivity contribution is 0.0692. The van der Waals surface area contributed by atoms with Crippen LogP contribution in [0.25, 0.3) is 11.3 Å². The molecule has 82 valence electrons. The Kier molecular flexibility index (Phi) is 2.66. The maximum Gasteiger partial charge on any atom is 0.354 e. The monoisotopic (exact) mass is 236 g/mol. The molecule has 4 nitrogen and oxygen atoms in total. The van der Waals surface area contributed by atoms with E-state index in [2.05, 4.69) is 9.97 Å². The van der Waals surface area contributed by atoms with Gasteiger partial charge in [0.1, 0.15) is 11.5 Å². The number of carboxylic acid groups (broad SMARTS) is 1. The molecule has 0 aliphatic rings. The number of hydrogen-bond donors (Lipinski definition) is 2. The van der Waals surface area contributed by atoms with Crippen LogP contribution in [0.3, 0.4) is 0 Å². The fraction of sp³-hybridized carbons (Fsp3) is 0.0909. The van der Waals surface area contributed by atoms with E-state index in [1.54, 1.807) is 31.2 Å². The predicted molar refractivity (Wildman–Crippen MR) is 60.7 cm³/mol. The van der Waals surface area contributed by atoms with Crippen molar-refractivity contribution in [2.45, 2.75) is 6.92 Å². The van der Waals surface area contributed by atoms with E-state index in [9.17, 15) is 4.79 Å². The van der Waals surface area contributed by atoms with Gasteiger partial charge in [-0.15, -0.1) is 0 Å². The van der Waals surface area contributed by atoms with Gasteiger partial charge in [-0.1, -0.05) is 23.7 Å². The summed E-state index contributed by atoms with van der Waals surface area (Å²) in [6.07, 6.45) is 0. The molecule has 0 radical (unpaired) electrons. The number of aryl methyl sites for hydroxylation is 1. The van der Waals surface area contributed by atoms with Crippen molar-refractivity contribution in [2.24, 2.45) is 0 Å². The molecule has 0 bridgehead atoms. The van der Waals surface area contributed by atoms with E-state index < -0.39 is 5.97 Å². The molecule has 16 heavy (non-hydrogen) atoms. The van der Waals surface area contributed by atoms with Crippen LogP contribution in [-0.2, 0) is 0 Å². The molecule has 1 aromatic heterocycles. The number of imidazole rings is 1. The van der Waals surface area contributed by atoms with Crippen LogP contribution in [0.1, 0.15) is 16.3 Å². The Hall–Kier alpha value is -1.81. The Morgan fingerprint density at radius 3 is 2.56 bits per heavy atom. The van der Waals surface area contributed by atoms with E-state index in [0.29, 0.717) is 16.5 Å². The highest BCUT2D eigenvalue weighted by Crippen LogP contribution is 2.23. The van der Waals surface area contributed by atoms with E-state index in [0.717, 1.165) is 5.56 Å². The van der Waals surface area contributed by atoms with Crippen LogP contribution < -0.4 is 0 Å². The van der Waals surface area contributed by atoms with E-state index in [1.165, 1.54) is 0 Å². The summed E-state index contributed by atoms with van der Waals surface area (Å²) in [6.45, 7) is 1.71. The van der Waals surface area contributed by atoms with E-state index in [-0.39, 0.29) is 5.69 Å². The van der Waals surface area contributed by atoms with Crippen molar-refractivity contribution in [1.82, 2.24) is 9.97 Å². The van der Waals surface area contributed by atoms with Crippen LogP contribution in [0.4, 0.5) is 0 Å². The van der Waals surface area contributed by atoms with Crippen molar-refractivity contribution in [1.29, 1.82) is 0 Å². The molecular formula is C11H9ClN2O2. The van der Waals surface area contributed by atoms with Crippen molar-refractivity contribution >= 4 is 17.6 Å². The quantitative estimate of drug-likeness (QED) is 0.843. The molecule has 1 heterocycles. The van der Waals surface area contributed by atoms with Crippen molar-refractivity contribution in [3.63, 3.8) is 0 Å². The summed E-state index contributed by atoms with van der Waals surface area (Å²) in [7, 11) is 0. The van der Waals surface area contributed by atoms with Gasteiger partial charge < -0.3 is 10.1 Å². The smallest absolute Gasteiger partial charge is 0.354 e. The summed E-state index contributed by atoms with van der Waals surface area (Å²) in [5.74, 6) is -0.451. The number of carbonyl (C=O) groups is 1. The van der Waals surface area contributed by atoms with Crippen molar-refractivity contribution in [3.8, 4) is 11.3 Å². The third kappa shape index (κ3) is 1.92. The Morgan fingerprint density at radius 2 is 2.00 bits per heavy atom. The molecule has 1 aromatic carbocycles. The molecule has 0 saturated heterocycles. The highest BCUT2D eigenvalue weighted by molar-refractivity contribution is 6.30. The lowest BCUT2D eigenvalue weighted by Gasteiger charge is -1.98. The first-order chi connectivity index (χ1) is 7.58. The second-order valence-electron chi connectivity index (χ2n) is 3.36. The first-order valence-corrected chi connectivity index (χ1v) is 5.01. The topological polar surface area (TPSA) is 66.0 Å². The lowest BCUT2D eigenvalue weighted by Crippen LogP contribution is -1.99. The minimum absolute atomic E-state index is 0.0971. The normalized spacial score (nSPS) is 10.4. The number of aromatic amines is 1. The average Bonchev–Trinajstić information content (AvgIpc) is 2.61. The van der Waals surface area contributed by atoms with Crippen LogP contribution in [0, 0.1) is 6.92 Å². The number of aromatic nitrogens is 2. The fourth-order valence-corrected chi connectivity index (χ4v) is 1.59. The predicted octanol–water partition coefficient (Wildman–Crippen LogP) is 2.74. The first-order valence-electron chi connectivity index (χ1n) is 4.64. The van der Waals surface area contributed by atoms with Crippen LogP contribution in [0.5, 0.6) is 0 Å². The average molecular weight is 237 g/mol. The third-order valence-electron chi connectivity index (χ3n) is 2.15. The molecule has 0 aliphatic carbocycles. The third-order valence-corrected chi connectivity index (χ3v) is 2.41. The largest absolute Gasteiger partial charge is 0.477 e. The molecule has 0 amide bonds. The lowest BCUT2D eigenvalue weighted by atomic mass is 10.1. The summed E-state index contributed by atoms with van der Waals surface area (Å²) in [6, 6.07) is 6.88. The van der Waals surface area contributed by atoms with Gasteiger partial charge in [0.15, 0.2) is 5.69 Å². The van der Waals surface area contributed by atoms with Crippen molar-refractivity contribution < 1.29 is 9.90 Å². The van der Waals surface area contributed by atoms with Crippen LogP contribution >= 0.6 is 11.6 Å². The number of hydrogen-bond acceptors (Lipinski definition) is 2. The van der Waals surface area contributed by atoms with Gasteiger partial charge in [0.05, 0.1) is 0 Å². The number of H-pyrrole nitrogens is 1. The molecule has 0 saturated carbocycles. The number of aromatic carboxylic acids is 1. The number of benzene rings is 1. The van der Waals surface area contributed by atoms with Crippen LogP contribution in [0.2, 0.25) is 5.02 Å². The molecule has 0 fully saturated rings. The van der Waals surface area contributed by atoms with Gasteiger partial charge in [0, 0.05) is 10.6 Å². The van der Waals surface area contributed by atoms with E-state index >= 15 is 0 Å². The second-order valence-corrected chi connectivity index (χ2v) is 3.79. The minimum Gasteiger partial charge on any atom is -0.477 e. The Bertz CT molecular complexity index is 531. The van der Waals surface area contributed by atoms with E-state index in [1.807, 2.05) is 0 Å². The van der Waals surface area contributed by atoms with Gasteiger partial charge in [-0.25, -0.2) is 9.78 Å². The van der Waals surface area contributed by atoms with Gasteiger partial charge in [-0.2, -0.15) is 0 Å². The summed E-state index contributed by atoms with van der Waals surface area (Å²) in [4.78, 5) is 17.8. The van der Waals surface area contributed by atoms with Gasteiger partial charge in [0.2, 0.25) is 0 Å². The highest BCUT2D eigenvalue weighted by Gasteiger charge is 2.16. The molecule has 5 heteroatoms. The maximum atomic E-state index is 11.0. The van der Waals surface area contributed by atoms with Gasteiger partial charge in [0.25, 0.3) is 0 Å². The number of nitrogens with zero attached hydrogens (tertiary/aromatic N) is 1. The second kappa shape index (κ2) is 3.98. The SMILES string of the molecule is Cc1nc(-c2ccc(Cl)cc2)c(C(=O)O)[nH]1. The maximum absolute atomic E-state index is 11.0. The Morgan fingerprint density at radius 1 is 1.38 bits per heavy atom. The number of rotatable bonds is 2. The van der Waals surface area contributed by atoms with Crippen LogP contribution in [0.15, 0.2) is 24.3 Å². The minimum atomic E-state index is -1.02. The zero-order valence-corrected chi connectivity index (χ0v) is 9.25. The summed E-state index contributed by atoms with van der Waals surface area (Å²) < 4.78 is 0. The van der Waals surface area contributed by atoms with Gasteiger partial charge in [-0.05, 0) is 19.1 Å². The highest BCUT2D eigenvalue weighted by atomic mass is 35.5. The van der Waals surface area contributed by atoms with Crippen molar-refractivity contribution in [3.05, 3.63) is 40.8 Å². The molecule has 2 rings (SSSR count). The molecule has 0 atom stereocenters. The van der Waals surface area contributed by atoms with E-state index in [4.69, 9.17) is 16.7 Å². The Balaban J connectivity index is 2.55. The molecule has 2 aromatic rings. The van der Waals surface area contributed by atoms with Gasteiger partial charge in [-0.3, -0.25) is 0 Å². The summed E-state index contributed by atoms with van der Waals surface area (Å²) in [5.41, 5.74) is 1.26. The molecular weight excluding hydrogens is 228 g/mol. The molecule has 0 unspecified atom stereocenters. The zero-order chi connectivity index (χ0) is 11.7. The zero-order valence-electron chi connectivity index (χ0n) is 8.49. The van der Waals surface area contributed by atoms with Crippen LogP contribution in [-0.4, -0.2) is 21.0 Å². The number of carboxylic acids is 1. The first kappa shape index (κ1) is 10.7. The number of nitrogens with one attached hydrogen (secondary N) is 1.